The van der Waals surface area contributed by atoms with Gasteiger partial charge >= 0.3 is 0 Å². The number of anilines is 2. The number of hydrogen-bond acceptors (Lipinski definition) is 5. The molecule has 6 heteroatoms. The lowest BCUT2D eigenvalue weighted by Crippen LogP contribution is -2.10. The summed E-state index contributed by atoms with van der Waals surface area (Å²) >= 11 is 5.14. The smallest absolute Gasteiger partial charge is 0.227 e. The van der Waals surface area contributed by atoms with Crippen molar-refractivity contribution in [1.82, 2.24) is 14.9 Å². The first-order valence-electron chi connectivity index (χ1n) is 7.19. The molecular formula is C17H17BrN4S. The van der Waals surface area contributed by atoms with E-state index in [-0.39, 0.29) is 0 Å². The summed E-state index contributed by atoms with van der Waals surface area (Å²) in [7, 11) is 4.13. The Balaban J connectivity index is 1.75. The van der Waals surface area contributed by atoms with E-state index in [1.165, 1.54) is 5.56 Å². The predicted molar refractivity (Wildman–Crippen MR) is 100 cm³/mol. The third kappa shape index (κ3) is 4.37. The summed E-state index contributed by atoms with van der Waals surface area (Å²) in [5.74, 6) is 0.604. The second-order valence-electron chi connectivity index (χ2n) is 5.43. The normalized spacial score (nSPS) is 11.0. The first kappa shape index (κ1) is 16.1. The maximum Gasteiger partial charge on any atom is 0.227 e. The number of hydrogen-bond donors (Lipinski definition) is 1. The maximum absolute atomic E-state index is 4.58. The second kappa shape index (κ2) is 7.21. The molecule has 0 aliphatic carbocycles. The van der Waals surface area contributed by atoms with Crippen LogP contribution in [0.15, 0.2) is 52.4 Å². The van der Waals surface area contributed by atoms with Crippen LogP contribution in [-0.4, -0.2) is 29.0 Å². The van der Waals surface area contributed by atoms with E-state index in [1.54, 1.807) is 17.5 Å². The molecule has 0 unspecified atom stereocenters. The Morgan fingerprint density at radius 1 is 1.09 bits per heavy atom. The van der Waals surface area contributed by atoms with Crippen LogP contribution < -0.4 is 5.32 Å². The van der Waals surface area contributed by atoms with Gasteiger partial charge in [-0.25, -0.2) is 9.97 Å². The topological polar surface area (TPSA) is 41.0 Å². The number of halogens is 1. The van der Waals surface area contributed by atoms with Gasteiger partial charge in [-0.2, -0.15) is 0 Å². The van der Waals surface area contributed by atoms with Gasteiger partial charge in [-0.15, -0.1) is 11.3 Å². The number of nitrogens with zero attached hydrogens (tertiary/aromatic N) is 3. The number of nitrogens with one attached hydrogen (secondary N) is 1. The standard InChI is InChI=1S/C17H17BrN4S/c1-22(2)11-12-3-5-13(6-4-12)20-17-19-10-9-14(21-17)15-7-8-16(18)23-15/h3-10H,11H2,1-2H3,(H,19,20,21). The molecule has 0 amide bonds. The van der Waals surface area contributed by atoms with Gasteiger partial charge in [0, 0.05) is 18.4 Å². The zero-order valence-electron chi connectivity index (χ0n) is 13.0. The van der Waals surface area contributed by atoms with Crippen LogP contribution in [0, 0.1) is 0 Å². The van der Waals surface area contributed by atoms with Crippen molar-refractivity contribution in [1.29, 1.82) is 0 Å². The molecule has 2 heterocycles. The molecule has 0 saturated carbocycles. The molecule has 118 valence electrons. The van der Waals surface area contributed by atoms with E-state index >= 15 is 0 Å². The predicted octanol–water partition coefficient (Wildman–Crippen LogP) is 4.77. The molecule has 0 radical (unpaired) electrons. The van der Waals surface area contributed by atoms with E-state index in [9.17, 15) is 0 Å². The Morgan fingerprint density at radius 3 is 2.52 bits per heavy atom. The average Bonchev–Trinajstić information content (AvgIpc) is 2.96. The van der Waals surface area contributed by atoms with Crippen molar-refractivity contribution in [3.8, 4) is 10.6 Å². The summed E-state index contributed by atoms with van der Waals surface area (Å²) in [6.45, 7) is 0.930. The molecule has 0 atom stereocenters. The summed E-state index contributed by atoms with van der Waals surface area (Å²) in [6.07, 6.45) is 1.78. The van der Waals surface area contributed by atoms with Crippen LogP contribution in [-0.2, 0) is 6.54 Å². The van der Waals surface area contributed by atoms with Gasteiger partial charge in [-0.05, 0) is 65.9 Å². The molecule has 0 aliphatic heterocycles. The molecule has 0 saturated heterocycles. The van der Waals surface area contributed by atoms with Crippen molar-refractivity contribution in [3.63, 3.8) is 0 Å². The fourth-order valence-electron chi connectivity index (χ4n) is 2.20. The van der Waals surface area contributed by atoms with Crippen molar-refractivity contribution >= 4 is 38.9 Å². The highest BCUT2D eigenvalue weighted by Gasteiger charge is 2.05. The lowest BCUT2D eigenvalue weighted by molar-refractivity contribution is 0.402. The molecule has 23 heavy (non-hydrogen) atoms. The fourth-order valence-corrected chi connectivity index (χ4v) is 3.55. The van der Waals surface area contributed by atoms with Crippen LogP contribution in [0.4, 0.5) is 11.6 Å². The lowest BCUT2D eigenvalue weighted by atomic mass is 10.2. The Kier molecular flexibility index (Phi) is 5.05. The molecule has 0 fully saturated rings. The largest absolute Gasteiger partial charge is 0.324 e. The highest BCUT2D eigenvalue weighted by Crippen LogP contribution is 2.30. The first-order valence-corrected chi connectivity index (χ1v) is 8.80. The minimum atomic E-state index is 0.604. The van der Waals surface area contributed by atoms with E-state index in [0.29, 0.717) is 5.95 Å². The molecule has 4 nitrogen and oxygen atoms in total. The van der Waals surface area contributed by atoms with Crippen molar-refractivity contribution in [2.24, 2.45) is 0 Å². The highest BCUT2D eigenvalue weighted by molar-refractivity contribution is 9.11. The van der Waals surface area contributed by atoms with Crippen molar-refractivity contribution in [2.45, 2.75) is 6.54 Å². The van der Waals surface area contributed by atoms with Crippen LogP contribution in [0.1, 0.15) is 5.56 Å². The molecule has 0 bridgehead atoms. The Morgan fingerprint density at radius 2 is 1.87 bits per heavy atom. The van der Waals surface area contributed by atoms with E-state index in [0.717, 1.165) is 26.6 Å². The third-order valence-corrected chi connectivity index (χ3v) is 4.84. The van der Waals surface area contributed by atoms with E-state index in [1.807, 2.05) is 12.1 Å². The minimum absolute atomic E-state index is 0.604. The zero-order chi connectivity index (χ0) is 16.2. The molecule has 1 aromatic carbocycles. The van der Waals surface area contributed by atoms with Crippen molar-refractivity contribution in [3.05, 3.63) is 58.0 Å². The maximum atomic E-state index is 4.58. The van der Waals surface area contributed by atoms with Gasteiger partial charge in [0.05, 0.1) is 14.4 Å². The Labute approximate surface area is 148 Å². The molecule has 3 rings (SSSR count). The summed E-state index contributed by atoms with van der Waals surface area (Å²) in [4.78, 5) is 12.1. The van der Waals surface area contributed by atoms with Gasteiger partial charge in [0.1, 0.15) is 0 Å². The number of benzene rings is 1. The summed E-state index contributed by atoms with van der Waals surface area (Å²) in [5.41, 5.74) is 3.18. The second-order valence-corrected chi connectivity index (χ2v) is 7.89. The number of thiophene rings is 1. The SMILES string of the molecule is CN(C)Cc1ccc(Nc2nccc(-c3ccc(Br)s3)n2)cc1. The van der Waals surface area contributed by atoms with Gasteiger partial charge < -0.3 is 10.2 Å². The van der Waals surface area contributed by atoms with Gasteiger partial charge in [-0.1, -0.05) is 12.1 Å². The molecular weight excluding hydrogens is 372 g/mol. The summed E-state index contributed by atoms with van der Waals surface area (Å²) in [6, 6.07) is 14.3. The molecule has 2 aromatic heterocycles. The number of aromatic nitrogens is 2. The quantitative estimate of drug-likeness (QED) is 0.682. The van der Waals surface area contributed by atoms with Crippen molar-refractivity contribution < 1.29 is 0 Å². The van der Waals surface area contributed by atoms with Crippen LogP contribution in [0.2, 0.25) is 0 Å². The summed E-state index contributed by atoms with van der Waals surface area (Å²) in [5, 5.41) is 3.26. The fraction of sp³-hybridized carbons (Fsp3) is 0.176. The zero-order valence-corrected chi connectivity index (χ0v) is 15.4. The molecule has 3 aromatic rings. The van der Waals surface area contributed by atoms with E-state index in [2.05, 4.69) is 80.5 Å². The van der Waals surface area contributed by atoms with Crippen LogP contribution >= 0.6 is 27.3 Å². The van der Waals surface area contributed by atoms with Gasteiger partial charge in [0.15, 0.2) is 0 Å². The van der Waals surface area contributed by atoms with Crippen LogP contribution in [0.25, 0.3) is 10.6 Å². The minimum Gasteiger partial charge on any atom is -0.324 e. The molecule has 0 spiro atoms. The first-order chi connectivity index (χ1) is 11.1. The van der Waals surface area contributed by atoms with Gasteiger partial charge in [-0.3, -0.25) is 0 Å². The molecule has 0 aliphatic rings. The van der Waals surface area contributed by atoms with Crippen LogP contribution in [0.3, 0.4) is 0 Å². The third-order valence-electron chi connectivity index (χ3n) is 3.19. The van der Waals surface area contributed by atoms with E-state index in [4.69, 9.17) is 0 Å². The van der Waals surface area contributed by atoms with E-state index < -0.39 is 0 Å². The Bertz CT molecular complexity index is 783. The van der Waals surface area contributed by atoms with Crippen LogP contribution in [0.5, 0.6) is 0 Å². The number of rotatable bonds is 5. The lowest BCUT2D eigenvalue weighted by Gasteiger charge is -2.10. The van der Waals surface area contributed by atoms with Gasteiger partial charge in [0.25, 0.3) is 0 Å². The highest BCUT2D eigenvalue weighted by atomic mass is 79.9. The van der Waals surface area contributed by atoms with Gasteiger partial charge in [0.2, 0.25) is 5.95 Å². The summed E-state index contributed by atoms with van der Waals surface area (Å²) < 4.78 is 1.09. The average molecular weight is 389 g/mol. The Hall–Kier alpha value is -1.76. The molecule has 1 N–H and O–H groups in total. The monoisotopic (exact) mass is 388 g/mol. The van der Waals surface area contributed by atoms with Crippen molar-refractivity contribution in [2.75, 3.05) is 19.4 Å².